The van der Waals surface area contributed by atoms with E-state index in [9.17, 15) is 14.4 Å². The van der Waals surface area contributed by atoms with Crippen molar-refractivity contribution in [2.75, 3.05) is 53.2 Å². The minimum Gasteiger partial charge on any atom is -0.493 e. The van der Waals surface area contributed by atoms with Gasteiger partial charge < -0.3 is 23.8 Å². The maximum Gasteiger partial charge on any atom is 0.344 e. The van der Waals surface area contributed by atoms with Gasteiger partial charge in [-0.3, -0.25) is 14.5 Å². The van der Waals surface area contributed by atoms with Crippen LogP contribution in [0.1, 0.15) is 29.8 Å². The van der Waals surface area contributed by atoms with Crippen molar-refractivity contribution in [3.8, 4) is 11.5 Å². The lowest BCUT2D eigenvalue weighted by atomic mass is 10.1. The summed E-state index contributed by atoms with van der Waals surface area (Å²) < 4.78 is 21.2. The van der Waals surface area contributed by atoms with Crippen molar-refractivity contribution in [1.29, 1.82) is 0 Å². The molecule has 0 bridgehead atoms. The molecule has 2 aliphatic heterocycles. The van der Waals surface area contributed by atoms with Crippen LogP contribution in [0.2, 0.25) is 0 Å². The second-order valence-electron chi connectivity index (χ2n) is 8.51. The molecule has 0 N–H and O–H groups in total. The standard InChI is InChI=1S/C28H31N3O7S/c1-4-31-27(34)24(16-19-9-10-22(23(15-19)35-3)38-18-25(32)37-5-2)39-28(31)29-21-8-6-7-20(17-21)26(33)30-11-13-36-14-12-30/h6-10,15-17H,4-5,11-14,18H2,1-3H3/b24-16+,29-28?. The Morgan fingerprint density at radius 3 is 2.62 bits per heavy atom. The van der Waals surface area contributed by atoms with Gasteiger partial charge in [-0.1, -0.05) is 12.1 Å². The number of ether oxygens (including phenoxy) is 4. The number of amidine groups is 1. The fraction of sp³-hybridized carbons (Fsp3) is 0.357. The van der Waals surface area contributed by atoms with Gasteiger partial charge in [0.05, 0.1) is 37.5 Å². The molecule has 2 aromatic rings. The number of hydrogen-bond donors (Lipinski definition) is 0. The van der Waals surface area contributed by atoms with Crippen LogP contribution in [0, 0.1) is 0 Å². The largest absolute Gasteiger partial charge is 0.493 e. The number of methoxy groups -OCH3 is 1. The van der Waals surface area contributed by atoms with Crippen LogP contribution in [-0.2, 0) is 19.1 Å². The number of rotatable bonds is 9. The zero-order valence-corrected chi connectivity index (χ0v) is 23.0. The third-order valence-corrected chi connectivity index (χ3v) is 6.96. The Morgan fingerprint density at radius 1 is 1.10 bits per heavy atom. The number of thioether (sulfide) groups is 1. The van der Waals surface area contributed by atoms with Gasteiger partial charge in [-0.25, -0.2) is 9.79 Å². The van der Waals surface area contributed by atoms with E-state index in [1.54, 1.807) is 59.2 Å². The summed E-state index contributed by atoms with van der Waals surface area (Å²) in [5.74, 6) is 0.116. The lowest BCUT2D eigenvalue weighted by Crippen LogP contribution is -2.40. The highest BCUT2D eigenvalue weighted by molar-refractivity contribution is 8.18. The molecule has 0 saturated carbocycles. The molecule has 2 heterocycles. The fourth-order valence-electron chi connectivity index (χ4n) is 4.02. The number of amides is 2. The van der Waals surface area contributed by atoms with Crippen LogP contribution in [0.4, 0.5) is 5.69 Å². The number of carbonyl (C=O) groups excluding carboxylic acids is 3. The van der Waals surface area contributed by atoms with Crippen LogP contribution >= 0.6 is 11.8 Å². The molecular formula is C28H31N3O7S. The minimum atomic E-state index is -0.471. The molecule has 0 spiro atoms. The molecule has 0 atom stereocenters. The van der Waals surface area contributed by atoms with E-state index in [2.05, 4.69) is 0 Å². The van der Waals surface area contributed by atoms with E-state index in [-0.39, 0.29) is 25.0 Å². The first kappa shape index (κ1) is 28.2. The van der Waals surface area contributed by atoms with Crippen molar-refractivity contribution < 1.29 is 33.3 Å². The maximum atomic E-state index is 13.2. The highest BCUT2D eigenvalue weighted by atomic mass is 32.2. The molecule has 10 nitrogen and oxygen atoms in total. The van der Waals surface area contributed by atoms with Gasteiger partial charge in [-0.2, -0.15) is 0 Å². The average Bonchev–Trinajstić information content (AvgIpc) is 3.25. The number of esters is 1. The van der Waals surface area contributed by atoms with Gasteiger partial charge in [0.2, 0.25) is 0 Å². The average molecular weight is 554 g/mol. The van der Waals surface area contributed by atoms with Crippen molar-refractivity contribution in [2.45, 2.75) is 13.8 Å². The summed E-state index contributed by atoms with van der Waals surface area (Å²) in [5, 5.41) is 0.533. The van der Waals surface area contributed by atoms with Crippen LogP contribution in [0.5, 0.6) is 11.5 Å². The molecule has 2 aromatic carbocycles. The van der Waals surface area contributed by atoms with Crippen LogP contribution in [0.3, 0.4) is 0 Å². The van der Waals surface area contributed by atoms with Crippen LogP contribution in [0.25, 0.3) is 6.08 Å². The molecule has 0 radical (unpaired) electrons. The van der Waals surface area contributed by atoms with Gasteiger partial charge in [-0.15, -0.1) is 0 Å². The number of aliphatic imine (C=N–C) groups is 1. The summed E-state index contributed by atoms with van der Waals surface area (Å²) >= 11 is 1.26. The number of likely N-dealkylation sites (N-methyl/N-ethyl adjacent to an activating group) is 1. The Labute approximate surface area is 231 Å². The Morgan fingerprint density at radius 2 is 1.90 bits per heavy atom. The van der Waals surface area contributed by atoms with Gasteiger partial charge in [0, 0.05) is 25.2 Å². The Bertz CT molecular complexity index is 1290. The highest BCUT2D eigenvalue weighted by Gasteiger charge is 2.32. The summed E-state index contributed by atoms with van der Waals surface area (Å²) in [5.41, 5.74) is 1.86. The maximum absolute atomic E-state index is 13.2. The SMILES string of the molecule is CCOC(=O)COc1ccc(/C=C2/SC(=Nc3cccc(C(=O)N4CCOCC4)c3)N(CC)C2=O)cc1OC. The topological polar surface area (TPSA) is 107 Å². The first-order chi connectivity index (χ1) is 18.9. The molecule has 2 saturated heterocycles. The zero-order chi connectivity index (χ0) is 27.8. The molecule has 206 valence electrons. The molecule has 0 unspecified atom stereocenters. The van der Waals surface area contributed by atoms with E-state index in [1.165, 1.54) is 18.9 Å². The zero-order valence-electron chi connectivity index (χ0n) is 22.2. The number of carbonyl (C=O) groups is 3. The predicted octanol–water partition coefficient (Wildman–Crippen LogP) is 3.73. The summed E-state index contributed by atoms with van der Waals surface area (Å²) in [4.78, 5) is 46.2. The number of benzene rings is 2. The Balaban J connectivity index is 1.52. The number of morpholine rings is 1. The molecule has 11 heteroatoms. The summed E-state index contributed by atoms with van der Waals surface area (Å²) in [6.45, 7) is 6.27. The Hall–Kier alpha value is -3.83. The molecule has 0 aromatic heterocycles. The van der Waals surface area contributed by atoms with E-state index in [1.807, 2.05) is 13.0 Å². The second-order valence-corrected chi connectivity index (χ2v) is 9.52. The second kappa shape index (κ2) is 13.3. The van der Waals surface area contributed by atoms with Crippen molar-refractivity contribution in [1.82, 2.24) is 9.80 Å². The lowest BCUT2D eigenvalue weighted by molar-refractivity contribution is -0.145. The summed E-state index contributed by atoms with van der Waals surface area (Å²) in [6.07, 6.45) is 1.76. The molecule has 2 amide bonds. The molecule has 4 rings (SSSR count). The quantitative estimate of drug-likeness (QED) is 0.342. The van der Waals surface area contributed by atoms with E-state index in [4.69, 9.17) is 23.9 Å². The molecule has 2 aliphatic rings. The van der Waals surface area contributed by atoms with Crippen molar-refractivity contribution in [3.63, 3.8) is 0 Å². The van der Waals surface area contributed by atoms with Gasteiger partial charge in [0.15, 0.2) is 23.3 Å². The fourth-order valence-corrected chi connectivity index (χ4v) is 5.08. The van der Waals surface area contributed by atoms with E-state index < -0.39 is 5.97 Å². The highest BCUT2D eigenvalue weighted by Crippen LogP contribution is 2.36. The van der Waals surface area contributed by atoms with E-state index >= 15 is 0 Å². The number of nitrogens with zero attached hydrogens (tertiary/aromatic N) is 3. The van der Waals surface area contributed by atoms with Crippen LogP contribution in [0.15, 0.2) is 52.4 Å². The minimum absolute atomic E-state index is 0.0629. The monoisotopic (exact) mass is 553 g/mol. The molecule has 2 fully saturated rings. The van der Waals surface area contributed by atoms with Crippen molar-refractivity contribution >= 4 is 46.5 Å². The van der Waals surface area contributed by atoms with E-state index in [0.29, 0.717) is 65.7 Å². The first-order valence-electron chi connectivity index (χ1n) is 12.7. The summed E-state index contributed by atoms with van der Waals surface area (Å²) in [6, 6.07) is 12.3. The normalized spacial score (nSPS) is 17.6. The smallest absolute Gasteiger partial charge is 0.344 e. The summed E-state index contributed by atoms with van der Waals surface area (Å²) in [7, 11) is 1.50. The predicted molar refractivity (Wildman–Crippen MR) is 148 cm³/mol. The van der Waals surface area contributed by atoms with Crippen LogP contribution in [-0.4, -0.2) is 85.9 Å². The Kier molecular flexibility index (Phi) is 9.61. The third kappa shape index (κ3) is 6.98. The first-order valence-corrected chi connectivity index (χ1v) is 13.5. The molecule has 0 aliphatic carbocycles. The van der Waals surface area contributed by atoms with Crippen molar-refractivity contribution in [3.05, 3.63) is 58.5 Å². The van der Waals surface area contributed by atoms with Gasteiger partial charge in [-0.05, 0) is 67.6 Å². The van der Waals surface area contributed by atoms with Crippen molar-refractivity contribution in [2.24, 2.45) is 4.99 Å². The number of hydrogen-bond acceptors (Lipinski definition) is 9. The van der Waals surface area contributed by atoms with Gasteiger partial charge >= 0.3 is 5.97 Å². The third-order valence-electron chi connectivity index (χ3n) is 5.96. The van der Waals surface area contributed by atoms with E-state index in [0.717, 1.165) is 5.56 Å². The molecular weight excluding hydrogens is 522 g/mol. The van der Waals surface area contributed by atoms with Gasteiger partial charge in [0.1, 0.15) is 0 Å². The van der Waals surface area contributed by atoms with Crippen LogP contribution < -0.4 is 9.47 Å². The lowest BCUT2D eigenvalue weighted by Gasteiger charge is -2.26. The molecule has 39 heavy (non-hydrogen) atoms. The van der Waals surface area contributed by atoms with Gasteiger partial charge in [0.25, 0.3) is 11.8 Å².